The average molecular weight is 462 g/mol. The number of aromatic hydroxyl groups is 1. The van der Waals surface area contributed by atoms with Gasteiger partial charge in [0.15, 0.2) is 0 Å². The topological polar surface area (TPSA) is 101 Å². The van der Waals surface area contributed by atoms with E-state index in [0.717, 1.165) is 15.9 Å². The molecule has 0 aliphatic heterocycles. The minimum Gasteiger partial charge on any atom is -0.508 e. The summed E-state index contributed by atoms with van der Waals surface area (Å²) in [7, 11) is -7.18. The van der Waals surface area contributed by atoms with Crippen molar-refractivity contribution in [3.63, 3.8) is 0 Å². The number of nitrogens with zero attached hydrogens (tertiary/aromatic N) is 1. The van der Waals surface area contributed by atoms with E-state index >= 15 is 0 Å². The molecule has 0 fully saturated rings. The first-order valence-corrected chi connectivity index (χ1v) is 12.3. The van der Waals surface area contributed by atoms with Crippen LogP contribution in [0.1, 0.15) is 11.1 Å². The first-order chi connectivity index (χ1) is 14.6. The van der Waals surface area contributed by atoms with Crippen LogP contribution in [0.5, 0.6) is 11.5 Å². The van der Waals surface area contributed by atoms with Gasteiger partial charge in [0, 0.05) is 19.7 Å². The van der Waals surface area contributed by atoms with E-state index in [9.17, 15) is 21.9 Å². The number of phenols is 1. The summed E-state index contributed by atoms with van der Waals surface area (Å²) in [6.45, 7) is 1.84. The molecule has 9 heteroatoms. The van der Waals surface area contributed by atoms with Crippen LogP contribution in [-0.4, -0.2) is 39.8 Å². The zero-order chi connectivity index (χ0) is 22.6. The van der Waals surface area contributed by atoms with Crippen molar-refractivity contribution in [3.8, 4) is 11.5 Å². The highest BCUT2D eigenvalue weighted by Gasteiger charge is 2.30. The molecule has 0 aliphatic rings. The molecule has 0 heterocycles. The van der Waals surface area contributed by atoms with Gasteiger partial charge in [0.25, 0.3) is 0 Å². The molecule has 1 N–H and O–H groups in total. The highest BCUT2D eigenvalue weighted by Crippen LogP contribution is 2.29. The van der Waals surface area contributed by atoms with Crippen molar-refractivity contribution in [2.24, 2.45) is 0 Å². The van der Waals surface area contributed by atoms with E-state index in [2.05, 4.69) is 0 Å². The Morgan fingerprint density at radius 3 is 2.13 bits per heavy atom. The van der Waals surface area contributed by atoms with Crippen molar-refractivity contribution in [1.82, 2.24) is 4.31 Å². The molecular weight excluding hydrogens is 438 g/mol. The van der Waals surface area contributed by atoms with Gasteiger partial charge >= 0.3 is 10.1 Å². The highest BCUT2D eigenvalue weighted by molar-refractivity contribution is 7.91. The van der Waals surface area contributed by atoms with Crippen LogP contribution in [0.2, 0.25) is 0 Å². The summed E-state index contributed by atoms with van der Waals surface area (Å²) in [5.74, 6) is -0.270. The van der Waals surface area contributed by atoms with E-state index < -0.39 is 25.0 Å². The van der Waals surface area contributed by atoms with Gasteiger partial charge in [-0.25, -0.2) is 12.7 Å². The molecule has 0 aromatic heterocycles. The molecule has 0 aliphatic carbocycles. The number of rotatable bonds is 8. The zero-order valence-electron chi connectivity index (χ0n) is 17.1. The third-order valence-electron chi connectivity index (χ3n) is 4.61. The fraction of sp³-hybridized carbons (Fsp3) is 0.182. The maximum atomic E-state index is 13.1. The zero-order valence-corrected chi connectivity index (χ0v) is 18.7. The number of benzene rings is 3. The molecular formula is C22H23NO6S2. The summed E-state index contributed by atoms with van der Waals surface area (Å²) in [5.41, 5.74) is 1.56. The smallest absolute Gasteiger partial charge is 0.340 e. The van der Waals surface area contributed by atoms with Crippen molar-refractivity contribution < 1.29 is 26.1 Å². The van der Waals surface area contributed by atoms with Gasteiger partial charge in [0.05, 0.1) is 0 Å². The van der Waals surface area contributed by atoms with E-state index in [1.807, 2.05) is 30.3 Å². The third kappa shape index (κ3) is 5.43. The second-order valence-electron chi connectivity index (χ2n) is 7.05. The number of phenolic OH excluding ortho intramolecular Hbond substituents is 1. The molecule has 0 unspecified atom stereocenters. The molecule has 0 saturated carbocycles. The van der Waals surface area contributed by atoms with Crippen LogP contribution >= 0.6 is 0 Å². The molecule has 0 radical (unpaired) electrons. The summed E-state index contributed by atoms with van der Waals surface area (Å²) in [6.07, 6.45) is 0.477. The number of hydrogen-bond donors (Lipinski definition) is 1. The third-order valence-corrected chi connectivity index (χ3v) is 7.96. The molecule has 0 bridgehead atoms. The SMILES string of the molecule is Cc1cc(O)cc(OS(=O)(=O)c2ccccc2S(=O)(=O)N(C)CCc2ccccc2)c1. The van der Waals surface area contributed by atoms with Gasteiger partial charge in [-0.3, -0.25) is 0 Å². The Morgan fingerprint density at radius 1 is 0.871 bits per heavy atom. The largest absolute Gasteiger partial charge is 0.508 e. The predicted octanol–water partition coefficient (Wildman–Crippen LogP) is 3.33. The number of hydrogen-bond acceptors (Lipinski definition) is 6. The monoisotopic (exact) mass is 461 g/mol. The van der Waals surface area contributed by atoms with Crippen molar-refractivity contribution in [1.29, 1.82) is 0 Å². The second kappa shape index (κ2) is 9.09. The number of likely N-dealkylation sites (N-methyl/N-ethyl adjacent to an activating group) is 1. The van der Waals surface area contributed by atoms with Crippen LogP contribution in [0.15, 0.2) is 82.6 Å². The molecule has 0 atom stereocenters. The average Bonchev–Trinajstić information content (AvgIpc) is 2.71. The minimum absolute atomic E-state index is 0.109. The normalized spacial score (nSPS) is 12.1. The van der Waals surface area contributed by atoms with E-state index in [4.69, 9.17) is 4.18 Å². The van der Waals surface area contributed by atoms with Crippen LogP contribution < -0.4 is 4.18 Å². The van der Waals surface area contributed by atoms with Gasteiger partial charge in [-0.2, -0.15) is 8.42 Å². The summed E-state index contributed by atoms with van der Waals surface area (Å²) in [5, 5.41) is 9.69. The lowest BCUT2D eigenvalue weighted by atomic mass is 10.2. The maximum absolute atomic E-state index is 13.1. The van der Waals surface area contributed by atoms with E-state index in [1.165, 1.54) is 43.4 Å². The summed E-state index contributed by atoms with van der Waals surface area (Å²) < 4.78 is 58.4. The summed E-state index contributed by atoms with van der Waals surface area (Å²) >= 11 is 0. The van der Waals surface area contributed by atoms with Gasteiger partial charge in [-0.05, 0) is 48.7 Å². The quantitative estimate of drug-likeness (QED) is 0.517. The van der Waals surface area contributed by atoms with Crippen molar-refractivity contribution in [3.05, 3.63) is 83.9 Å². The predicted molar refractivity (Wildman–Crippen MR) is 117 cm³/mol. The van der Waals surface area contributed by atoms with E-state index in [-0.39, 0.29) is 22.9 Å². The first-order valence-electron chi connectivity index (χ1n) is 9.44. The van der Waals surface area contributed by atoms with Gasteiger partial charge in [-0.1, -0.05) is 42.5 Å². The second-order valence-corrected chi connectivity index (χ2v) is 10.6. The van der Waals surface area contributed by atoms with E-state index in [0.29, 0.717) is 12.0 Å². The highest BCUT2D eigenvalue weighted by atomic mass is 32.2. The Labute approximate surface area is 182 Å². The van der Waals surface area contributed by atoms with Crippen LogP contribution in [0.25, 0.3) is 0 Å². The van der Waals surface area contributed by atoms with Crippen molar-refractivity contribution >= 4 is 20.1 Å². The summed E-state index contributed by atoms with van der Waals surface area (Å²) in [4.78, 5) is -0.843. The first kappa shape index (κ1) is 22.8. The van der Waals surface area contributed by atoms with Crippen LogP contribution in [-0.2, 0) is 26.6 Å². The van der Waals surface area contributed by atoms with Gasteiger partial charge in [0.1, 0.15) is 21.3 Å². The minimum atomic E-state index is -4.48. The van der Waals surface area contributed by atoms with Crippen molar-refractivity contribution in [2.75, 3.05) is 13.6 Å². The fourth-order valence-electron chi connectivity index (χ4n) is 3.04. The Balaban J connectivity index is 1.90. The van der Waals surface area contributed by atoms with E-state index in [1.54, 1.807) is 6.92 Å². The molecule has 164 valence electrons. The lowest BCUT2D eigenvalue weighted by Crippen LogP contribution is -2.30. The molecule has 0 saturated heterocycles. The molecule has 7 nitrogen and oxygen atoms in total. The Kier molecular flexibility index (Phi) is 6.68. The van der Waals surface area contributed by atoms with Gasteiger partial charge < -0.3 is 9.29 Å². The lowest BCUT2D eigenvalue weighted by Gasteiger charge is -2.19. The van der Waals surface area contributed by atoms with Crippen LogP contribution in [0.4, 0.5) is 0 Å². The Hall–Kier alpha value is -2.88. The fourth-order valence-corrected chi connectivity index (χ4v) is 5.90. The Bertz CT molecular complexity index is 1250. The Morgan fingerprint density at radius 2 is 1.48 bits per heavy atom. The van der Waals surface area contributed by atoms with Crippen molar-refractivity contribution in [2.45, 2.75) is 23.1 Å². The standard InChI is InChI=1S/C22H23NO6S2/c1-17-14-19(24)16-20(15-17)29-31(27,28)22-11-7-6-10-21(22)30(25,26)23(2)13-12-18-8-4-3-5-9-18/h3-11,14-16,24H,12-13H2,1-2H3. The number of sulfonamides is 1. The van der Waals surface area contributed by atoms with Gasteiger partial charge in [0.2, 0.25) is 10.0 Å². The molecule has 3 aromatic rings. The molecule has 3 rings (SSSR count). The molecule has 31 heavy (non-hydrogen) atoms. The van der Waals surface area contributed by atoms with Gasteiger partial charge in [-0.15, -0.1) is 0 Å². The molecule has 3 aromatic carbocycles. The maximum Gasteiger partial charge on any atom is 0.340 e. The van der Waals surface area contributed by atoms with Crippen LogP contribution in [0, 0.1) is 6.92 Å². The number of aryl methyl sites for hydroxylation is 1. The molecule has 0 spiro atoms. The van der Waals surface area contributed by atoms with Crippen LogP contribution in [0.3, 0.4) is 0 Å². The molecule has 0 amide bonds. The lowest BCUT2D eigenvalue weighted by molar-refractivity contribution is 0.457. The summed E-state index contributed by atoms with van der Waals surface area (Å²) in [6, 6.07) is 18.7.